The van der Waals surface area contributed by atoms with E-state index in [0.717, 1.165) is 44.7 Å². The number of amides is 1. The standard InChI is InChI=1S/C18H27N3O/c1-4-17-13(2)11-15-12-16(20-9-7-19-8-10-20)5-6-18(15)21(17)14(3)22/h5-6,12-13,17,19H,4,7-11H2,1-3H3/t13-,17+/m1/s1. The SMILES string of the molecule is CC[C@H]1[C@H](C)Cc2cc(N3CCNCC3)ccc2N1C(C)=O. The molecule has 1 aromatic rings. The Balaban J connectivity index is 1.94. The summed E-state index contributed by atoms with van der Waals surface area (Å²) >= 11 is 0. The largest absolute Gasteiger partial charge is 0.369 e. The van der Waals surface area contributed by atoms with Crippen molar-refractivity contribution in [2.75, 3.05) is 36.0 Å². The zero-order valence-corrected chi connectivity index (χ0v) is 13.9. The molecule has 1 amide bonds. The maximum absolute atomic E-state index is 12.2. The molecular formula is C18H27N3O. The van der Waals surface area contributed by atoms with Crippen LogP contribution in [-0.2, 0) is 11.2 Å². The third kappa shape index (κ3) is 2.72. The van der Waals surface area contributed by atoms with Crippen LogP contribution < -0.4 is 15.1 Å². The van der Waals surface area contributed by atoms with Gasteiger partial charge in [-0.1, -0.05) is 13.8 Å². The normalized spacial score (nSPS) is 25.0. The summed E-state index contributed by atoms with van der Waals surface area (Å²) in [5.74, 6) is 0.675. The number of fused-ring (bicyclic) bond motifs is 1. The first-order valence-corrected chi connectivity index (χ1v) is 8.50. The van der Waals surface area contributed by atoms with Crippen molar-refractivity contribution in [2.24, 2.45) is 5.92 Å². The van der Waals surface area contributed by atoms with Gasteiger partial charge in [0.2, 0.25) is 5.91 Å². The van der Waals surface area contributed by atoms with Gasteiger partial charge in [-0.2, -0.15) is 0 Å². The van der Waals surface area contributed by atoms with Crippen molar-refractivity contribution in [1.29, 1.82) is 0 Å². The van der Waals surface area contributed by atoms with Gasteiger partial charge in [0.05, 0.1) is 0 Å². The van der Waals surface area contributed by atoms with E-state index >= 15 is 0 Å². The van der Waals surface area contributed by atoms with Crippen LogP contribution in [-0.4, -0.2) is 38.1 Å². The number of anilines is 2. The van der Waals surface area contributed by atoms with E-state index in [2.05, 4.69) is 42.3 Å². The molecule has 0 aliphatic carbocycles. The molecule has 0 spiro atoms. The summed E-state index contributed by atoms with van der Waals surface area (Å²) in [7, 11) is 0. The second-order valence-electron chi connectivity index (χ2n) is 6.60. The molecule has 3 rings (SSSR count). The number of benzene rings is 1. The quantitative estimate of drug-likeness (QED) is 0.911. The highest BCUT2D eigenvalue weighted by atomic mass is 16.2. The van der Waals surface area contributed by atoms with Gasteiger partial charge in [0.25, 0.3) is 0 Å². The van der Waals surface area contributed by atoms with E-state index in [1.54, 1.807) is 6.92 Å². The van der Waals surface area contributed by atoms with Gasteiger partial charge in [0.15, 0.2) is 0 Å². The Hall–Kier alpha value is -1.55. The molecule has 0 aromatic heterocycles. The Morgan fingerprint density at radius 2 is 2.05 bits per heavy atom. The molecule has 2 heterocycles. The zero-order valence-electron chi connectivity index (χ0n) is 13.9. The highest BCUT2D eigenvalue weighted by molar-refractivity contribution is 5.94. The fourth-order valence-corrected chi connectivity index (χ4v) is 3.99. The van der Waals surface area contributed by atoms with Crippen molar-refractivity contribution >= 4 is 17.3 Å². The summed E-state index contributed by atoms with van der Waals surface area (Å²) in [4.78, 5) is 16.6. The van der Waals surface area contributed by atoms with Crippen LogP contribution in [0.2, 0.25) is 0 Å². The lowest BCUT2D eigenvalue weighted by atomic mass is 9.85. The van der Waals surface area contributed by atoms with Crippen LogP contribution >= 0.6 is 0 Å². The first kappa shape index (κ1) is 15.3. The fourth-order valence-electron chi connectivity index (χ4n) is 3.99. The molecule has 1 fully saturated rings. The van der Waals surface area contributed by atoms with Crippen molar-refractivity contribution in [2.45, 2.75) is 39.7 Å². The maximum Gasteiger partial charge on any atom is 0.224 e. The van der Waals surface area contributed by atoms with Crippen molar-refractivity contribution < 1.29 is 4.79 Å². The van der Waals surface area contributed by atoms with Crippen molar-refractivity contribution in [1.82, 2.24) is 5.32 Å². The lowest BCUT2D eigenvalue weighted by molar-refractivity contribution is -0.117. The van der Waals surface area contributed by atoms with Crippen molar-refractivity contribution in [3.05, 3.63) is 23.8 Å². The van der Waals surface area contributed by atoms with E-state index in [9.17, 15) is 4.79 Å². The fraction of sp³-hybridized carbons (Fsp3) is 0.611. The number of hydrogen-bond acceptors (Lipinski definition) is 3. The first-order chi connectivity index (χ1) is 10.6. The van der Waals surface area contributed by atoms with Crippen LogP contribution in [0.5, 0.6) is 0 Å². The van der Waals surface area contributed by atoms with Gasteiger partial charge in [-0.25, -0.2) is 0 Å². The number of carbonyl (C=O) groups excluding carboxylic acids is 1. The van der Waals surface area contributed by atoms with E-state index in [4.69, 9.17) is 0 Å². The van der Waals surface area contributed by atoms with Crippen LogP contribution in [0.4, 0.5) is 11.4 Å². The Morgan fingerprint density at radius 1 is 1.32 bits per heavy atom. The molecule has 1 saturated heterocycles. The predicted octanol–water partition coefficient (Wildman–Crippen LogP) is 2.42. The lowest BCUT2D eigenvalue weighted by Gasteiger charge is -2.41. The smallest absolute Gasteiger partial charge is 0.224 e. The van der Waals surface area contributed by atoms with E-state index in [-0.39, 0.29) is 5.91 Å². The van der Waals surface area contributed by atoms with Crippen LogP contribution in [0.25, 0.3) is 0 Å². The van der Waals surface area contributed by atoms with Crippen LogP contribution in [0.3, 0.4) is 0 Å². The van der Waals surface area contributed by atoms with Crippen molar-refractivity contribution in [3.8, 4) is 0 Å². The molecule has 4 heteroatoms. The zero-order chi connectivity index (χ0) is 15.7. The summed E-state index contributed by atoms with van der Waals surface area (Å²) in [5, 5.41) is 3.39. The molecule has 2 aliphatic heterocycles. The van der Waals surface area contributed by atoms with E-state index in [1.165, 1.54) is 11.3 Å². The summed E-state index contributed by atoms with van der Waals surface area (Å²) in [6.45, 7) is 10.3. The number of nitrogens with zero attached hydrogens (tertiary/aromatic N) is 2. The highest BCUT2D eigenvalue weighted by Gasteiger charge is 2.33. The average molecular weight is 301 g/mol. The van der Waals surface area contributed by atoms with Crippen LogP contribution in [0.1, 0.15) is 32.8 Å². The molecule has 120 valence electrons. The minimum atomic E-state index is 0.162. The van der Waals surface area contributed by atoms with Gasteiger partial charge in [-0.3, -0.25) is 4.79 Å². The van der Waals surface area contributed by atoms with Gasteiger partial charge in [-0.15, -0.1) is 0 Å². The van der Waals surface area contributed by atoms with Crippen LogP contribution in [0, 0.1) is 5.92 Å². The molecule has 0 radical (unpaired) electrons. The van der Waals surface area contributed by atoms with E-state index < -0.39 is 0 Å². The molecule has 0 unspecified atom stereocenters. The maximum atomic E-state index is 12.2. The van der Waals surface area contributed by atoms with Gasteiger partial charge in [0, 0.05) is 50.5 Å². The molecule has 2 atom stereocenters. The lowest BCUT2D eigenvalue weighted by Crippen LogP contribution is -2.47. The minimum absolute atomic E-state index is 0.162. The monoisotopic (exact) mass is 301 g/mol. The highest BCUT2D eigenvalue weighted by Crippen LogP contribution is 2.37. The second-order valence-corrected chi connectivity index (χ2v) is 6.60. The Bertz CT molecular complexity index is 551. The first-order valence-electron chi connectivity index (χ1n) is 8.50. The molecular weight excluding hydrogens is 274 g/mol. The number of piperazine rings is 1. The predicted molar refractivity (Wildman–Crippen MR) is 91.6 cm³/mol. The van der Waals surface area contributed by atoms with Gasteiger partial charge < -0.3 is 15.1 Å². The average Bonchev–Trinajstić information content (AvgIpc) is 2.53. The van der Waals surface area contributed by atoms with E-state index in [1.807, 2.05) is 4.90 Å². The molecule has 2 aliphatic rings. The molecule has 1 N–H and O–H groups in total. The molecule has 1 aromatic carbocycles. The third-order valence-corrected chi connectivity index (χ3v) is 5.09. The summed E-state index contributed by atoms with van der Waals surface area (Å²) in [5.41, 5.74) is 3.74. The van der Waals surface area contributed by atoms with Gasteiger partial charge >= 0.3 is 0 Å². The third-order valence-electron chi connectivity index (χ3n) is 5.09. The van der Waals surface area contributed by atoms with E-state index in [0.29, 0.717) is 12.0 Å². The minimum Gasteiger partial charge on any atom is -0.369 e. The summed E-state index contributed by atoms with van der Waals surface area (Å²) < 4.78 is 0. The van der Waals surface area contributed by atoms with Crippen LogP contribution in [0.15, 0.2) is 18.2 Å². The summed E-state index contributed by atoms with van der Waals surface area (Å²) in [6.07, 6.45) is 2.08. The number of nitrogens with one attached hydrogen (secondary N) is 1. The van der Waals surface area contributed by atoms with Gasteiger partial charge in [0.1, 0.15) is 0 Å². The number of rotatable bonds is 2. The number of hydrogen-bond donors (Lipinski definition) is 1. The Kier molecular flexibility index (Phi) is 4.39. The van der Waals surface area contributed by atoms with Gasteiger partial charge in [-0.05, 0) is 42.5 Å². The molecule has 22 heavy (non-hydrogen) atoms. The molecule has 4 nitrogen and oxygen atoms in total. The number of carbonyl (C=O) groups is 1. The molecule has 0 bridgehead atoms. The second kappa shape index (κ2) is 6.29. The van der Waals surface area contributed by atoms with Crippen molar-refractivity contribution in [3.63, 3.8) is 0 Å². The molecule has 0 saturated carbocycles. The summed E-state index contributed by atoms with van der Waals surface area (Å²) in [6, 6.07) is 6.97. The topological polar surface area (TPSA) is 35.6 Å². The Morgan fingerprint density at radius 3 is 2.68 bits per heavy atom. The Labute approximate surface area is 133 Å².